The fraction of sp³-hybridized carbons (Fsp3) is 0.875. The fourth-order valence-electron chi connectivity index (χ4n) is 0.660. The van der Waals surface area contributed by atoms with Crippen molar-refractivity contribution in [2.75, 3.05) is 6.54 Å². The summed E-state index contributed by atoms with van der Waals surface area (Å²) in [6.07, 6.45) is -3.78. The molecule has 0 aromatic heterocycles. The van der Waals surface area contributed by atoms with E-state index in [0.29, 0.717) is 0 Å². The lowest BCUT2D eigenvalue weighted by molar-refractivity contribution is -0.123. The Hall–Kier alpha value is -1.01. The van der Waals surface area contributed by atoms with Gasteiger partial charge in [-0.05, 0) is 20.8 Å². The van der Waals surface area contributed by atoms with E-state index in [9.17, 15) is 22.4 Å². The van der Waals surface area contributed by atoms with Crippen molar-refractivity contribution in [3.05, 3.63) is 0 Å². The van der Waals surface area contributed by atoms with Crippen LogP contribution >= 0.6 is 0 Å². The van der Waals surface area contributed by atoms with Gasteiger partial charge in [0.05, 0.1) is 6.54 Å². The van der Waals surface area contributed by atoms with Gasteiger partial charge in [0.1, 0.15) is 0 Å². The standard InChI is InChI=1S/C8H14F4N2O/c1-7(2,3)14-6(15)13-4-8(11,12)5(9)10/h5H,4H2,1-3H3,(H2,13,14,15). The van der Waals surface area contributed by atoms with Crippen molar-refractivity contribution in [2.24, 2.45) is 0 Å². The second-order valence-corrected chi connectivity index (χ2v) is 4.12. The van der Waals surface area contributed by atoms with Crippen LogP contribution in [0, 0.1) is 0 Å². The largest absolute Gasteiger partial charge is 0.334 e. The third-order valence-corrected chi connectivity index (χ3v) is 1.29. The monoisotopic (exact) mass is 230 g/mol. The predicted octanol–water partition coefficient (Wildman–Crippen LogP) is 1.98. The van der Waals surface area contributed by atoms with Gasteiger partial charge in [0, 0.05) is 5.54 Å². The molecular weight excluding hydrogens is 216 g/mol. The lowest BCUT2D eigenvalue weighted by atomic mass is 10.1. The summed E-state index contributed by atoms with van der Waals surface area (Å²) in [4.78, 5) is 10.9. The second-order valence-electron chi connectivity index (χ2n) is 4.12. The quantitative estimate of drug-likeness (QED) is 0.715. The topological polar surface area (TPSA) is 41.1 Å². The molecule has 0 aliphatic rings. The van der Waals surface area contributed by atoms with Gasteiger partial charge in [0.15, 0.2) is 0 Å². The van der Waals surface area contributed by atoms with E-state index in [1.54, 1.807) is 26.1 Å². The first-order chi connectivity index (χ1) is 6.54. The Morgan fingerprint density at radius 3 is 2.07 bits per heavy atom. The van der Waals surface area contributed by atoms with Gasteiger partial charge in [-0.1, -0.05) is 0 Å². The molecule has 0 spiro atoms. The van der Waals surface area contributed by atoms with Crippen molar-refractivity contribution in [3.63, 3.8) is 0 Å². The van der Waals surface area contributed by atoms with E-state index in [1.807, 2.05) is 0 Å². The highest BCUT2D eigenvalue weighted by Crippen LogP contribution is 2.21. The smallest absolute Gasteiger partial charge is 0.324 e. The average molecular weight is 230 g/mol. The molecule has 0 saturated carbocycles. The predicted molar refractivity (Wildman–Crippen MR) is 47.2 cm³/mol. The third-order valence-electron chi connectivity index (χ3n) is 1.29. The molecule has 0 aliphatic heterocycles. The minimum absolute atomic E-state index is 0.607. The van der Waals surface area contributed by atoms with Crippen LogP contribution in [0.3, 0.4) is 0 Å². The Labute approximate surface area is 85.2 Å². The van der Waals surface area contributed by atoms with Gasteiger partial charge in [-0.15, -0.1) is 0 Å². The molecule has 0 rings (SSSR count). The zero-order chi connectivity index (χ0) is 12.3. The normalized spacial score (nSPS) is 12.8. The van der Waals surface area contributed by atoms with Crippen LogP contribution < -0.4 is 10.6 Å². The van der Waals surface area contributed by atoms with Crippen LogP contribution in [0.1, 0.15) is 20.8 Å². The molecule has 0 aromatic carbocycles. The Morgan fingerprint density at radius 1 is 1.27 bits per heavy atom. The van der Waals surface area contributed by atoms with E-state index >= 15 is 0 Å². The number of rotatable bonds is 3. The number of nitrogens with one attached hydrogen (secondary N) is 2. The molecule has 0 atom stereocenters. The molecule has 0 aliphatic carbocycles. The molecule has 0 unspecified atom stereocenters. The molecule has 0 aromatic rings. The number of hydrogen-bond acceptors (Lipinski definition) is 1. The van der Waals surface area contributed by atoms with Crippen LogP contribution in [-0.4, -0.2) is 30.5 Å². The highest BCUT2D eigenvalue weighted by Gasteiger charge is 2.40. The summed E-state index contributed by atoms with van der Waals surface area (Å²) in [5.74, 6) is -4.20. The Balaban J connectivity index is 4.02. The molecule has 2 amide bonds. The number of halogens is 4. The van der Waals surface area contributed by atoms with Gasteiger partial charge in [-0.3, -0.25) is 0 Å². The zero-order valence-electron chi connectivity index (χ0n) is 8.70. The summed E-state index contributed by atoms with van der Waals surface area (Å²) < 4.78 is 48.1. The molecule has 0 fully saturated rings. The maximum Gasteiger partial charge on any atom is 0.324 e. The molecule has 90 valence electrons. The molecule has 0 saturated heterocycles. The Morgan fingerprint density at radius 2 is 1.73 bits per heavy atom. The number of hydrogen-bond donors (Lipinski definition) is 2. The number of carbonyl (C=O) groups is 1. The van der Waals surface area contributed by atoms with Crippen molar-refractivity contribution in [1.82, 2.24) is 10.6 Å². The highest BCUT2D eigenvalue weighted by molar-refractivity contribution is 5.74. The first-order valence-electron chi connectivity index (χ1n) is 4.26. The van der Waals surface area contributed by atoms with Crippen molar-refractivity contribution in [2.45, 2.75) is 38.7 Å². The van der Waals surface area contributed by atoms with Gasteiger partial charge in [-0.25, -0.2) is 13.6 Å². The zero-order valence-corrected chi connectivity index (χ0v) is 8.70. The van der Waals surface area contributed by atoms with Crippen LogP contribution in [0.2, 0.25) is 0 Å². The molecule has 2 N–H and O–H groups in total. The molecule has 0 bridgehead atoms. The summed E-state index contributed by atoms with van der Waals surface area (Å²) in [6.45, 7) is 3.53. The average Bonchev–Trinajstić information content (AvgIpc) is 1.97. The highest BCUT2D eigenvalue weighted by atomic mass is 19.3. The van der Waals surface area contributed by atoms with Crippen molar-refractivity contribution in [1.29, 1.82) is 0 Å². The first kappa shape index (κ1) is 14.0. The fourth-order valence-corrected chi connectivity index (χ4v) is 0.660. The summed E-state index contributed by atoms with van der Waals surface area (Å²) in [7, 11) is 0. The summed E-state index contributed by atoms with van der Waals surface area (Å²) in [6, 6.07) is -0.900. The second kappa shape index (κ2) is 4.67. The SMILES string of the molecule is CC(C)(C)NC(=O)NCC(F)(F)C(F)F. The molecule has 3 nitrogen and oxygen atoms in total. The lowest BCUT2D eigenvalue weighted by Crippen LogP contribution is -2.50. The van der Waals surface area contributed by atoms with Crippen molar-refractivity contribution >= 4 is 6.03 Å². The van der Waals surface area contributed by atoms with Crippen LogP contribution in [0.4, 0.5) is 22.4 Å². The van der Waals surface area contributed by atoms with E-state index in [0.717, 1.165) is 0 Å². The van der Waals surface area contributed by atoms with Crippen molar-refractivity contribution in [3.8, 4) is 0 Å². The van der Waals surface area contributed by atoms with Gasteiger partial charge in [0.25, 0.3) is 0 Å². The van der Waals surface area contributed by atoms with E-state index in [2.05, 4.69) is 5.32 Å². The Bertz CT molecular complexity index is 225. The van der Waals surface area contributed by atoms with Crippen LogP contribution in [-0.2, 0) is 0 Å². The molecular formula is C8H14F4N2O. The van der Waals surface area contributed by atoms with Crippen LogP contribution in [0.15, 0.2) is 0 Å². The third kappa shape index (κ3) is 6.14. The Kier molecular flexibility index (Phi) is 4.36. The maximum atomic E-state index is 12.3. The van der Waals surface area contributed by atoms with E-state index in [-0.39, 0.29) is 0 Å². The van der Waals surface area contributed by atoms with Gasteiger partial charge < -0.3 is 10.6 Å². The molecule has 0 radical (unpaired) electrons. The summed E-state index contributed by atoms with van der Waals surface area (Å²) in [5.41, 5.74) is -0.607. The van der Waals surface area contributed by atoms with Crippen LogP contribution in [0.5, 0.6) is 0 Å². The van der Waals surface area contributed by atoms with Gasteiger partial charge >= 0.3 is 18.4 Å². The molecule has 0 heterocycles. The number of carbonyl (C=O) groups excluding carboxylic acids is 1. The summed E-state index contributed by atoms with van der Waals surface area (Å²) >= 11 is 0. The maximum absolute atomic E-state index is 12.3. The van der Waals surface area contributed by atoms with Gasteiger partial charge in [-0.2, -0.15) is 8.78 Å². The molecule has 7 heteroatoms. The minimum atomic E-state index is -4.20. The van der Waals surface area contributed by atoms with Crippen molar-refractivity contribution < 1.29 is 22.4 Å². The molecule has 15 heavy (non-hydrogen) atoms. The van der Waals surface area contributed by atoms with E-state index < -0.39 is 30.5 Å². The van der Waals surface area contributed by atoms with Crippen LogP contribution in [0.25, 0.3) is 0 Å². The first-order valence-corrected chi connectivity index (χ1v) is 4.26. The number of urea groups is 1. The number of alkyl halides is 4. The van der Waals surface area contributed by atoms with Gasteiger partial charge in [0.2, 0.25) is 0 Å². The van der Waals surface area contributed by atoms with E-state index in [4.69, 9.17) is 0 Å². The van der Waals surface area contributed by atoms with E-state index in [1.165, 1.54) is 0 Å². The summed E-state index contributed by atoms with van der Waals surface area (Å²) in [5, 5.41) is 3.98. The minimum Gasteiger partial charge on any atom is -0.334 e. The lowest BCUT2D eigenvalue weighted by Gasteiger charge is -2.22. The number of amides is 2.